The summed E-state index contributed by atoms with van der Waals surface area (Å²) in [6.07, 6.45) is 7.16. The molecule has 0 amide bonds. The first-order chi connectivity index (χ1) is 12.2. The van der Waals surface area contributed by atoms with Crippen molar-refractivity contribution in [3.8, 4) is 6.07 Å². The van der Waals surface area contributed by atoms with Crippen LogP contribution in [0.1, 0.15) is 48.5 Å². The summed E-state index contributed by atoms with van der Waals surface area (Å²) in [7, 11) is 0. The largest absolute Gasteiger partial charge is 0.360 e. The fraction of sp³-hybridized carbons (Fsp3) is 0.450. The van der Waals surface area contributed by atoms with Gasteiger partial charge in [-0.3, -0.25) is 9.59 Å². The molecule has 4 nitrogen and oxygen atoms in total. The summed E-state index contributed by atoms with van der Waals surface area (Å²) in [6, 6.07) is 7.72. The number of H-pyrrole nitrogens is 1. The number of Topliss-reactive ketones (excluding diaryl/α,β-unsaturated/α-hetero) is 2. The van der Waals surface area contributed by atoms with Gasteiger partial charge in [-0.25, -0.2) is 0 Å². The maximum absolute atomic E-state index is 12.8. The van der Waals surface area contributed by atoms with E-state index < -0.39 is 5.92 Å². The van der Waals surface area contributed by atoms with Crippen molar-refractivity contribution in [1.29, 1.82) is 5.26 Å². The summed E-state index contributed by atoms with van der Waals surface area (Å²) in [5.41, 5.74) is 2.47. The number of ketones is 2. The van der Waals surface area contributed by atoms with Gasteiger partial charge in [0.2, 0.25) is 0 Å². The van der Waals surface area contributed by atoms with Gasteiger partial charge >= 0.3 is 0 Å². The zero-order valence-corrected chi connectivity index (χ0v) is 15.2. The van der Waals surface area contributed by atoms with Crippen molar-refractivity contribution in [2.75, 3.05) is 5.75 Å². The number of hydrogen-bond donors (Lipinski definition) is 1. The average molecular weight is 354 g/mol. The predicted molar refractivity (Wildman–Crippen MR) is 101 cm³/mol. The van der Waals surface area contributed by atoms with Gasteiger partial charge in [0, 0.05) is 27.9 Å². The van der Waals surface area contributed by atoms with Crippen molar-refractivity contribution in [2.24, 2.45) is 5.92 Å². The molecular weight excluding hydrogens is 332 g/mol. The standard InChI is InChI=1S/C20H22N2O2S/c1-2-13-6-5-9-15-17(11-22-19(13)15)20(24)16(10-21)18(23)12-25-14-7-3-4-8-14/h5-6,9,11,14,16,22H,2-4,7-8,12H2,1H3. The summed E-state index contributed by atoms with van der Waals surface area (Å²) >= 11 is 1.60. The van der Waals surface area contributed by atoms with Crippen LogP contribution in [0.15, 0.2) is 24.4 Å². The van der Waals surface area contributed by atoms with Crippen molar-refractivity contribution in [2.45, 2.75) is 44.3 Å². The van der Waals surface area contributed by atoms with E-state index in [1.165, 1.54) is 12.8 Å². The first-order valence-electron chi connectivity index (χ1n) is 8.82. The molecule has 3 rings (SSSR count). The number of aromatic amines is 1. The van der Waals surface area contributed by atoms with Crippen LogP contribution in [0.25, 0.3) is 10.9 Å². The lowest BCUT2D eigenvalue weighted by Crippen LogP contribution is -2.25. The van der Waals surface area contributed by atoms with Crippen molar-refractivity contribution in [1.82, 2.24) is 4.98 Å². The SMILES string of the molecule is CCc1cccc2c(C(=O)C(C#N)C(=O)CSC3CCCC3)c[nH]c12. The van der Waals surface area contributed by atoms with Gasteiger partial charge in [0.05, 0.1) is 11.8 Å². The van der Waals surface area contributed by atoms with Gasteiger partial charge in [0.1, 0.15) is 0 Å². The normalized spacial score (nSPS) is 16.0. The number of nitrogens with zero attached hydrogens (tertiary/aromatic N) is 1. The van der Waals surface area contributed by atoms with Gasteiger partial charge in [-0.15, -0.1) is 0 Å². The average Bonchev–Trinajstić information content (AvgIpc) is 3.29. The third kappa shape index (κ3) is 3.64. The zero-order chi connectivity index (χ0) is 17.8. The van der Waals surface area contributed by atoms with Gasteiger partial charge in [-0.1, -0.05) is 38.0 Å². The molecule has 0 spiro atoms. The third-order valence-corrected chi connectivity index (χ3v) is 6.32. The lowest BCUT2D eigenvalue weighted by atomic mass is 9.94. The smallest absolute Gasteiger partial charge is 0.189 e. The Morgan fingerprint density at radius 3 is 2.80 bits per heavy atom. The number of carbonyl (C=O) groups is 2. The number of carbonyl (C=O) groups excluding carboxylic acids is 2. The summed E-state index contributed by atoms with van der Waals surface area (Å²) in [5.74, 6) is -1.63. The van der Waals surface area contributed by atoms with E-state index >= 15 is 0 Å². The molecule has 1 N–H and O–H groups in total. The number of nitriles is 1. The molecule has 2 aromatic rings. The fourth-order valence-corrected chi connectivity index (χ4v) is 4.72. The molecule has 0 saturated heterocycles. The maximum atomic E-state index is 12.8. The quantitative estimate of drug-likeness (QED) is 0.594. The van der Waals surface area contributed by atoms with Gasteiger partial charge < -0.3 is 4.98 Å². The Bertz CT molecular complexity index is 828. The Hall–Kier alpha value is -2.06. The van der Waals surface area contributed by atoms with Crippen LogP contribution < -0.4 is 0 Å². The third-order valence-electron chi connectivity index (χ3n) is 4.92. The molecule has 25 heavy (non-hydrogen) atoms. The summed E-state index contributed by atoms with van der Waals surface area (Å²) in [6.45, 7) is 2.05. The highest BCUT2D eigenvalue weighted by Gasteiger charge is 2.30. The highest BCUT2D eigenvalue weighted by atomic mass is 32.2. The molecule has 0 bridgehead atoms. The van der Waals surface area contributed by atoms with Gasteiger partial charge in [0.15, 0.2) is 17.5 Å². The fourth-order valence-electron chi connectivity index (χ4n) is 3.49. The first kappa shape index (κ1) is 17.8. The molecule has 0 aliphatic heterocycles. The van der Waals surface area contributed by atoms with E-state index in [0.29, 0.717) is 10.8 Å². The van der Waals surface area contributed by atoms with Gasteiger partial charge in [-0.05, 0) is 24.8 Å². The van der Waals surface area contributed by atoms with E-state index in [4.69, 9.17) is 0 Å². The molecule has 130 valence electrons. The minimum Gasteiger partial charge on any atom is -0.360 e. The second kappa shape index (κ2) is 7.88. The van der Waals surface area contributed by atoms with Crippen molar-refractivity contribution in [3.63, 3.8) is 0 Å². The highest BCUT2D eigenvalue weighted by Crippen LogP contribution is 2.30. The maximum Gasteiger partial charge on any atom is 0.189 e. The van der Waals surface area contributed by atoms with Crippen LogP contribution >= 0.6 is 11.8 Å². The number of thioether (sulfide) groups is 1. The molecule has 1 aliphatic carbocycles. The van der Waals surface area contributed by atoms with Crippen LogP contribution in [0.3, 0.4) is 0 Å². The predicted octanol–water partition coefficient (Wildman–Crippen LogP) is 4.30. The van der Waals surface area contributed by atoms with Gasteiger partial charge in [0.25, 0.3) is 0 Å². The second-order valence-corrected chi connectivity index (χ2v) is 7.79. The monoisotopic (exact) mass is 354 g/mol. The molecule has 1 aromatic carbocycles. The van der Waals surface area contributed by atoms with Crippen LogP contribution in [0, 0.1) is 17.2 Å². The zero-order valence-electron chi connectivity index (χ0n) is 14.4. The van der Waals surface area contributed by atoms with Crippen molar-refractivity contribution >= 4 is 34.2 Å². The van der Waals surface area contributed by atoms with E-state index in [9.17, 15) is 14.9 Å². The lowest BCUT2D eigenvalue weighted by molar-refractivity contribution is -0.117. The van der Waals surface area contributed by atoms with E-state index in [0.717, 1.165) is 35.7 Å². The highest BCUT2D eigenvalue weighted by molar-refractivity contribution is 8.00. The van der Waals surface area contributed by atoms with E-state index in [-0.39, 0.29) is 17.3 Å². The lowest BCUT2D eigenvalue weighted by Gasteiger charge is -2.10. The Morgan fingerprint density at radius 1 is 1.36 bits per heavy atom. The molecule has 1 heterocycles. The van der Waals surface area contributed by atoms with E-state index in [1.807, 2.05) is 24.3 Å². The Labute approximate surface area is 152 Å². The summed E-state index contributed by atoms with van der Waals surface area (Å²) in [4.78, 5) is 28.4. The van der Waals surface area contributed by atoms with E-state index in [2.05, 4.69) is 11.9 Å². The molecule has 1 saturated carbocycles. The molecule has 5 heteroatoms. The topological polar surface area (TPSA) is 73.7 Å². The Balaban J connectivity index is 1.78. The summed E-state index contributed by atoms with van der Waals surface area (Å²) < 4.78 is 0. The minimum atomic E-state index is -1.21. The molecule has 1 unspecified atom stereocenters. The molecule has 1 fully saturated rings. The number of fused-ring (bicyclic) bond motifs is 1. The second-order valence-electron chi connectivity index (χ2n) is 6.51. The number of benzene rings is 1. The number of nitrogens with one attached hydrogen (secondary N) is 1. The number of aromatic nitrogens is 1. The Kier molecular flexibility index (Phi) is 5.60. The molecule has 1 atom stereocenters. The van der Waals surface area contributed by atoms with Crippen LogP contribution in [0.4, 0.5) is 0 Å². The Morgan fingerprint density at radius 2 is 2.12 bits per heavy atom. The van der Waals surface area contributed by atoms with E-state index in [1.54, 1.807) is 18.0 Å². The number of aryl methyl sites for hydroxylation is 1. The molecular formula is C20H22N2O2S. The molecule has 1 aliphatic rings. The van der Waals surface area contributed by atoms with Crippen molar-refractivity contribution < 1.29 is 9.59 Å². The number of hydrogen-bond acceptors (Lipinski definition) is 4. The van der Waals surface area contributed by atoms with Crippen molar-refractivity contribution in [3.05, 3.63) is 35.5 Å². The number of rotatable bonds is 7. The molecule has 1 aromatic heterocycles. The van der Waals surface area contributed by atoms with Crippen LogP contribution in [-0.2, 0) is 11.2 Å². The molecule has 0 radical (unpaired) electrons. The first-order valence-corrected chi connectivity index (χ1v) is 9.87. The number of para-hydroxylation sites is 1. The van der Waals surface area contributed by atoms with Crippen LogP contribution in [0.2, 0.25) is 0 Å². The van der Waals surface area contributed by atoms with Crippen LogP contribution in [-0.4, -0.2) is 27.6 Å². The minimum absolute atomic E-state index is 0.247. The van der Waals surface area contributed by atoms with Gasteiger partial charge in [-0.2, -0.15) is 17.0 Å². The van der Waals surface area contributed by atoms with Crippen LogP contribution in [0.5, 0.6) is 0 Å². The summed E-state index contributed by atoms with van der Waals surface area (Å²) in [5, 5.41) is 10.7.